The zero-order valence-electron chi connectivity index (χ0n) is 85.6. The van der Waals surface area contributed by atoms with Crippen LogP contribution in [0.3, 0.4) is 0 Å². The molecule has 0 unspecified atom stereocenters. The average molecular weight is 2170 g/mol. The van der Waals surface area contributed by atoms with Crippen molar-refractivity contribution < 1.29 is 51.7 Å². The Kier molecular flexibility index (Phi) is 41.8. The van der Waals surface area contributed by atoms with E-state index >= 15 is 0 Å². The number of sulfonamides is 5. The molecule has 0 amide bonds. The Hall–Kier alpha value is -9.34. The number of benzene rings is 10. The van der Waals surface area contributed by atoms with Crippen molar-refractivity contribution in [1.82, 2.24) is 41.5 Å². The lowest BCUT2D eigenvalue weighted by Gasteiger charge is -2.36. The highest BCUT2D eigenvalue weighted by atomic mass is 32.2. The number of hydrogen-bond acceptors (Lipinski definition) is 26. The van der Waals surface area contributed by atoms with Crippen LogP contribution < -0.4 is 4.72 Å². The van der Waals surface area contributed by atoms with Crippen molar-refractivity contribution in [1.29, 1.82) is 21.0 Å². The second-order valence-electron chi connectivity index (χ2n) is 37.6. The summed E-state index contributed by atoms with van der Waals surface area (Å²) in [6.45, 7) is 35.7. The van der Waals surface area contributed by atoms with Gasteiger partial charge in [-0.15, -0.1) is 0 Å². The van der Waals surface area contributed by atoms with Crippen molar-refractivity contribution >= 4 is 115 Å². The molecule has 0 saturated carbocycles. The Labute approximate surface area is 886 Å². The molecule has 0 bridgehead atoms. The maximum Gasteiger partial charge on any atom is 0.270 e. The molecule has 27 nitrogen and oxygen atoms in total. The summed E-state index contributed by atoms with van der Waals surface area (Å²) >= 11 is 7.09. The van der Waals surface area contributed by atoms with Crippen molar-refractivity contribution in [3.05, 3.63) is 270 Å². The van der Waals surface area contributed by atoms with Gasteiger partial charge in [0.25, 0.3) is 5.69 Å². The molecule has 0 radical (unpaired) electrons. The highest BCUT2D eigenvalue weighted by Gasteiger charge is 2.39. The van der Waals surface area contributed by atoms with Crippen molar-refractivity contribution in [2.75, 3.05) is 132 Å². The predicted molar refractivity (Wildman–Crippen MR) is 581 cm³/mol. The second kappa shape index (κ2) is 52.9. The first kappa shape index (κ1) is 115. The van der Waals surface area contributed by atoms with E-state index in [1.807, 2.05) is 176 Å². The maximum absolute atomic E-state index is 13.6. The van der Waals surface area contributed by atoms with E-state index in [1.54, 1.807) is 63.2 Å². The molecule has 10 aromatic carbocycles. The lowest BCUT2D eigenvalue weighted by molar-refractivity contribution is -0.385. The molecule has 6 aliphatic rings. The summed E-state index contributed by atoms with van der Waals surface area (Å²) in [5.74, 6) is 0. The Morgan fingerprint density at radius 2 is 0.623 bits per heavy atom. The Balaban J connectivity index is 0.000000163. The van der Waals surface area contributed by atoms with E-state index in [1.165, 1.54) is 130 Å². The first-order chi connectivity index (χ1) is 69.6. The van der Waals surface area contributed by atoms with Gasteiger partial charge >= 0.3 is 0 Å². The third kappa shape index (κ3) is 30.3. The smallest absolute Gasteiger partial charge is 0.270 e. The molecule has 6 fully saturated rings. The monoisotopic (exact) mass is 2160 g/mol. The Bertz CT molecular complexity index is 7110. The van der Waals surface area contributed by atoms with Gasteiger partial charge in [0.15, 0.2) is 0 Å². The van der Waals surface area contributed by atoms with Gasteiger partial charge in [0.05, 0.1) is 84.2 Å². The molecule has 10 aromatic rings. The zero-order valence-corrected chi connectivity index (χ0v) is 93.7. The number of hydrogen-bond donors (Lipinski definition) is 1. The molecule has 0 spiro atoms. The number of likely N-dealkylation sites (N-methyl/N-ethyl adjacent to an activating group) is 1. The molecule has 6 heterocycles. The van der Waals surface area contributed by atoms with Gasteiger partial charge in [0.2, 0.25) is 50.1 Å². The van der Waals surface area contributed by atoms with E-state index in [4.69, 9.17) is 4.74 Å². The molecule has 0 aromatic heterocycles. The topological polar surface area (TPSA) is 356 Å². The van der Waals surface area contributed by atoms with Crippen LogP contribution in [-0.4, -0.2) is 234 Å². The fourth-order valence-corrected chi connectivity index (χ4v) is 32.6. The van der Waals surface area contributed by atoms with Gasteiger partial charge < -0.3 is 24.3 Å². The molecular weight excluding hydrogens is 2030 g/mol. The standard InChI is InChI=1S/C24H29N3O2S2.C23H29N3O4S2.C22H27N3O2S2.C21H27N3O2S2.C19H20N2O3S2/c1-18-5-6-19(2)23(15-18)30-22-8-7-20(17-25)16-24(22)31(28,29)27-13-9-21(10-14-27)26-11-3-4-12-26;1-17-5-6-18(2)22(15-17)31-21-8-7-20(26(27)28)16-23(21)32(29,30)25-13-9-19(10-14-25)24-11-3-4-12-24;1-16-5-6-17(2)21(13-16)28-20-8-7-18(15-23)14-22(20)29(26,27)25-11-9-19(10-12-25)24(3)4;1-5-24(6-2)12-11-23-28(25,26)21-14-18(15-22)9-10-19(21)27-20-13-16(3)7-8-17(20)4;1-14-3-4-15(2)18(11-14)25-17-6-5-16(13-20)12-19(17)26(22,23)21-7-9-24-10-8-21/h5-8,15-16,21H,3-4,9-14H2,1-2H3;5-8,15-16,19H,3-4,9-14H2,1-2H3;5-8,13-14,19H,9-12H2,1-4H3;7-10,13-14,23H,5-6,11-12H2,1-4H3;3-6,11-12H,7-10H2,1-2H3. The SMILES string of the molecule is CCN(CC)CCNS(=O)(=O)c1cc(C#N)ccc1Sc1cc(C)ccc1C.Cc1ccc(C)c(Sc2ccc(C#N)cc2S(=O)(=O)N2CCC(N(C)C)CC2)c1.Cc1ccc(C)c(Sc2ccc(C#N)cc2S(=O)(=O)N2CCC(N3CCCC3)CC2)c1.Cc1ccc(C)c(Sc2ccc(C#N)cc2S(=O)(=O)N2CCOCC2)c1.Cc1ccc(C)c(Sc2ccc([N+](=O)[O-])cc2S(=O)(=O)N2CCC(N3CCCC3)CC2)c1. The molecule has 37 heteroatoms. The minimum atomic E-state index is -3.85. The van der Waals surface area contributed by atoms with E-state index in [0.29, 0.717) is 144 Å². The molecule has 0 atom stereocenters. The number of likely N-dealkylation sites (tertiary alicyclic amines) is 2. The van der Waals surface area contributed by atoms with E-state index in [2.05, 4.69) is 60.7 Å². The minimum Gasteiger partial charge on any atom is -0.379 e. The van der Waals surface area contributed by atoms with Crippen LogP contribution in [0, 0.1) is 125 Å². The normalized spacial score (nSPS) is 16.3. The van der Waals surface area contributed by atoms with Crippen molar-refractivity contribution in [3.8, 4) is 24.3 Å². The number of nitro benzene ring substituents is 1. The van der Waals surface area contributed by atoms with E-state index in [9.17, 15) is 73.3 Å². The van der Waals surface area contributed by atoms with Crippen LogP contribution in [0.15, 0.2) is 255 Å². The summed E-state index contributed by atoms with van der Waals surface area (Å²) in [4.78, 5) is 29.1. The summed E-state index contributed by atoms with van der Waals surface area (Å²) in [6.07, 6.45) is 9.88. The number of piperidine rings is 3. The number of nitro groups is 1. The first-order valence-corrected chi connectivity index (χ1v) is 60.6. The molecule has 1 N–H and O–H groups in total. The zero-order chi connectivity index (χ0) is 106. The van der Waals surface area contributed by atoms with Gasteiger partial charge in [-0.1, -0.05) is 133 Å². The van der Waals surface area contributed by atoms with E-state index in [0.717, 1.165) is 158 Å². The predicted octanol–water partition coefficient (Wildman–Crippen LogP) is 20.5. The van der Waals surface area contributed by atoms with Crippen LogP contribution in [0.5, 0.6) is 0 Å². The average Bonchev–Trinajstić information content (AvgIpc) is 0.994. The van der Waals surface area contributed by atoms with Gasteiger partial charge in [-0.3, -0.25) is 10.1 Å². The van der Waals surface area contributed by atoms with Gasteiger partial charge in [-0.2, -0.15) is 38.3 Å². The number of non-ortho nitro benzene ring substituents is 1. The maximum atomic E-state index is 13.6. The number of rotatable bonds is 29. The fourth-order valence-electron chi connectivity index (χ4n) is 18.0. The van der Waals surface area contributed by atoms with Crippen LogP contribution in [0.1, 0.15) is 156 Å². The third-order valence-corrected chi connectivity index (χ3v) is 43.0. The molecule has 0 aliphatic carbocycles. The fraction of sp³-hybridized carbons (Fsp3) is 0.413. The van der Waals surface area contributed by atoms with Crippen LogP contribution in [-0.2, 0) is 54.9 Å². The lowest BCUT2D eigenvalue weighted by atomic mass is 10.1. The highest BCUT2D eigenvalue weighted by molar-refractivity contribution is 8.01. The molecule has 6 aliphatic heterocycles. The van der Waals surface area contributed by atoms with Crippen LogP contribution in [0.2, 0.25) is 0 Å². The Morgan fingerprint density at radius 1 is 0.356 bits per heavy atom. The van der Waals surface area contributed by atoms with Crippen molar-refractivity contribution in [3.63, 3.8) is 0 Å². The van der Waals surface area contributed by atoms with Gasteiger partial charge in [-0.25, -0.2) is 46.8 Å². The van der Waals surface area contributed by atoms with Crippen molar-refractivity contribution in [2.45, 2.75) is 239 Å². The summed E-state index contributed by atoms with van der Waals surface area (Å²) in [5, 5.41) is 48.5. The van der Waals surface area contributed by atoms with Crippen molar-refractivity contribution in [2.24, 2.45) is 0 Å². The number of nitrogens with one attached hydrogen (secondary N) is 1. The van der Waals surface area contributed by atoms with Gasteiger partial charge in [-0.05, 0) is 352 Å². The Morgan fingerprint density at radius 3 is 0.904 bits per heavy atom. The largest absolute Gasteiger partial charge is 0.379 e. The summed E-state index contributed by atoms with van der Waals surface area (Å²) in [5.41, 5.74) is 12.2. The van der Waals surface area contributed by atoms with E-state index < -0.39 is 55.0 Å². The number of aryl methyl sites for hydroxylation is 10. The highest BCUT2D eigenvalue weighted by Crippen LogP contribution is 2.45. The van der Waals surface area contributed by atoms with Crippen LogP contribution >= 0.6 is 58.8 Å². The quantitative estimate of drug-likeness (QED) is 0.0336. The van der Waals surface area contributed by atoms with Gasteiger partial charge in [0.1, 0.15) is 4.90 Å². The molecule has 16 rings (SSSR count). The van der Waals surface area contributed by atoms with Crippen LogP contribution in [0.4, 0.5) is 5.69 Å². The molecular formula is C109H132N14O13S10. The molecule has 6 saturated heterocycles. The van der Waals surface area contributed by atoms with E-state index in [-0.39, 0.29) is 30.2 Å². The lowest BCUT2D eigenvalue weighted by Crippen LogP contribution is -2.45. The number of nitriles is 4. The second-order valence-corrected chi connectivity index (χ2v) is 52.4. The summed E-state index contributed by atoms with van der Waals surface area (Å²) in [7, 11) is -14.5. The minimum absolute atomic E-state index is 0.0252. The summed E-state index contributed by atoms with van der Waals surface area (Å²) in [6, 6.07) is 63.9. The number of ether oxygens (including phenoxy) is 1. The third-order valence-electron chi connectivity index (χ3n) is 26.9. The first-order valence-electron chi connectivity index (χ1n) is 49.2. The number of nitrogens with zero attached hydrogens (tertiary/aromatic N) is 13. The number of morpholine rings is 1. The molecule has 146 heavy (non-hydrogen) atoms. The summed E-state index contributed by atoms with van der Waals surface area (Å²) < 4.78 is 148. The van der Waals surface area contributed by atoms with Gasteiger partial charge in [0, 0.05) is 145 Å². The van der Waals surface area contributed by atoms with Crippen LogP contribution in [0.25, 0.3) is 0 Å². The molecule has 776 valence electrons.